The maximum Gasteiger partial charge on any atom is 0.0465 e. The Morgan fingerprint density at radius 2 is 1.10 bits per heavy atom. The van der Waals surface area contributed by atoms with E-state index in [1.807, 2.05) is 0 Å². The molecule has 0 saturated heterocycles. The van der Waals surface area contributed by atoms with Gasteiger partial charge < -0.3 is 4.98 Å². The van der Waals surface area contributed by atoms with Gasteiger partial charge in [0, 0.05) is 21.8 Å². The molecule has 0 radical (unpaired) electrons. The lowest BCUT2D eigenvalue weighted by atomic mass is 9.96. The van der Waals surface area contributed by atoms with Crippen LogP contribution in [0, 0.1) is 0 Å². The Morgan fingerprint density at radius 3 is 1.86 bits per heavy atom. The van der Waals surface area contributed by atoms with Gasteiger partial charge in [0.2, 0.25) is 0 Å². The molecule has 0 spiro atoms. The van der Waals surface area contributed by atoms with Crippen LogP contribution >= 0.6 is 0 Å². The van der Waals surface area contributed by atoms with Crippen molar-refractivity contribution >= 4 is 55.5 Å². The Hall–Kier alpha value is -3.84. The molecule has 0 atom stereocenters. The highest BCUT2D eigenvalue weighted by Gasteiger charge is 2.06. The average molecular weight is 369 g/mol. The Balaban J connectivity index is 1.54. The van der Waals surface area contributed by atoms with E-state index in [-0.39, 0.29) is 0 Å². The van der Waals surface area contributed by atoms with E-state index < -0.39 is 0 Å². The highest BCUT2D eigenvalue weighted by atomic mass is 14.7. The van der Waals surface area contributed by atoms with Crippen LogP contribution in [0.15, 0.2) is 97.1 Å². The maximum atomic E-state index is 3.50. The summed E-state index contributed by atoms with van der Waals surface area (Å²) in [6.07, 6.45) is 4.50. The highest BCUT2D eigenvalue weighted by Crippen LogP contribution is 2.31. The predicted octanol–water partition coefficient (Wildman–Crippen LogP) is 7.80. The summed E-state index contributed by atoms with van der Waals surface area (Å²) < 4.78 is 0. The van der Waals surface area contributed by atoms with E-state index in [0.29, 0.717) is 0 Å². The van der Waals surface area contributed by atoms with Crippen LogP contribution in [0.1, 0.15) is 11.1 Å². The monoisotopic (exact) mass is 369 g/mol. The standard InChI is InChI=1S/C28H19N/c1-3-9-22-20(7-1)18-21-8-2-4-10-23(21)24(22)15-13-19-14-16-28-26(17-19)25-11-5-6-12-27(25)29-28/h1-18,29H. The van der Waals surface area contributed by atoms with Crippen LogP contribution in [0.2, 0.25) is 0 Å². The van der Waals surface area contributed by atoms with Gasteiger partial charge in [0.05, 0.1) is 0 Å². The molecule has 0 aliphatic carbocycles. The summed E-state index contributed by atoms with van der Waals surface area (Å²) in [4.78, 5) is 3.50. The van der Waals surface area contributed by atoms with Crippen molar-refractivity contribution in [1.29, 1.82) is 0 Å². The Kier molecular flexibility index (Phi) is 3.54. The summed E-state index contributed by atoms with van der Waals surface area (Å²) in [5, 5.41) is 7.67. The molecule has 0 unspecified atom stereocenters. The van der Waals surface area contributed by atoms with Gasteiger partial charge in [-0.25, -0.2) is 0 Å². The van der Waals surface area contributed by atoms with Gasteiger partial charge in [-0.1, -0.05) is 84.9 Å². The van der Waals surface area contributed by atoms with Crippen molar-refractivity contribution in [1.82, 2.24) is 4.98 Å². The van der Waals surface area contributed by atoms with E-state index in [0.717, 1.165) is 0 Å². The number of aromatic nitrogens is 1. The van der Waals surface area contributed by atoms with Gasteiger partial charge in [-0.15, -0.1) is 0 Å². The van der Waals surface area contributed by atoms with E-state index in [1.54, 1.807) is 0 Å². The molecule has 1 N–H and O–H groups in total. The van der Waals surface area contributed by atoms with Crippen LogP contribution in [0.4, 0.5) is 0 Å². The number of benzene rings is 5. The van der Waals surface area contributed by atoms with Crippen molar-refractivity contribution in [3.05, 3.63) is 108 Å². The molecule has 6 rings (SSSR count). The summed E-state index contributed by atoms with van der Waals surface area (Å²) in [7, 11) is 0. The summed E-state index contributed by atoms with van der Waals surface area (Å²) in [5.41, 5.74) is 4.85. The third-order valence-corrected chi connectivity index (χ3v) is 5.79. The minimum atomic E-state index is 1.18. The molecule has 1 aromatic heterocycles. The molecular weight excluding hydrogens is 350 g/mol. The van der Waals surface area contributed by atoms with E-state index in [9.17, 15) is 0 Å². The van der Waals surface area contributed by atoms with Crippen LogP contribution in [0.5, 0.6) is 0 Å². The molecule has 1 nitrogen and oxygen atoms in total. The fourth-order valence-corrected chi connectivity index (χ4v) is 4.38. The van der Waals surface area contributed by atoms with Gasteiger partial charge in [0.25, 0.3) is 0 Å². The topological polar surface area (TPSA) is 15.8 Å². The molecule has 0 fully saturated rings. The molecule has 5 aromatic carbocycles. The number of hydrogen-bond donors (Lipinski definition) is 1. The van der Waals surface area contributed by atoms with Gasteiger partial charge >= 0.3 is 0 Å². The smallest absolute Gasteiger partial charge is 0.0465 e. The first-order valence-electron chi connectivity index (χ1n) is 9.96. The van der Waals surface area contributed by atoms with Gasteiger partial charge in [0.15, 0.2) is 0 Å². The Bertz CT molecular complexity index is 1500. The molecular formula is C28H19N. The Morgan fingerprint density at radius 1 is 0.483 bits per heavy atom. The molecule has 29 heavy (non-hydrogen) atoms. The third kappa shape index (κ3) is 2.63. The minimum absolute atomic E-state index is 1.18. The highest BCUT2D eigenvalue weighted by molar-refractivity contribution is 6.09. The first-order chi connectivity index (χ1) is 14.4. The number of para-hydroxylation sites is 1. The minimum Gasteiger partial charge on any atom is -0.355 e. The van der Waals surface area contributed by atoms with Crippen LogP contribution < -0.4 is 0 Å². The fraction of sp³-hybridized carbons (Fsp3) is 0. The second kappa shape index (κ2) is 6.35. The lowest BCUT2D eigenvalue weighted by Crippen LogP contribution is -1.83. The number of H-pyrrole nitrogens is 1. The normalized spacial score (nSPS) is 12.0. The van der Waals surface area contributed by atoms with Crippen LogP contribution in [-0.2, 0) is 0 Å². The van der Waals surface area contributed by atoms with Crippen molar-refractivity contribution in [3.63, 3.8) is 0 Å². The number of aromatic amines is 1. The Labute approximate surface area is 168 Å². The van der Waals surface area contributed by atoms with Crippen molar-refractivity contribution in [2.24, 2.45) is 0 Å². The lowest BCUT2D eigenvalue weighted by molar-refractivity contribution is 1.54. The van der Waals surface area contributed by atoms with E-state index in [1.165, 1.54) is 54.5 Å². The zero-order chi connectivity index (χ0) is 19.2. The van der Waals surface area contributed by atoms with Gasteiger partial charge in [-0.3, -0.25) is 0 Å². The molecule has 0 aliphatic rings. The van der Waals surface area contributed by atoms with E-state index >= 15 is 0 Å². The maximum absolute atomic E-state index is 3.50. The van der Waals surface area contributed by atoms with Crippen molar-refractivity contribution in [2.45, 2.75) is 0 Å². The number of nitrogens with one attached hydrogen (secondary N) is 1. The number of fused-ring (bicyclic) bond motifs is 5. The summed E-state index contributed by atoms with van der Waals surface area (Å²) >= 11 is 0. The van der Waals surface area contributed by atoms with Gasteiger partial charge in [0.1, 0.15) is 0 Å². The first-order valence-corrected chi connectivity index (χ1v) is 9.96. The molecule has 6 aromatic rings. The average Bonchev–Trinajstić information content (AvgIpc) is 3.14. The third-order valence-electron chi connectivity index (χ3n) is 5.79. The van der Waals surface area contributed by atoms with Gasteiger partial charge in [-0.05, 0) is 56.9 Å². The van der Waals surface area contributed by atoms with Gasteiger partial charge in [-0.2, -0.15) is 0 Å². The molecule has 1 heteroatoms. The zero-order valence-corrected chi connectivity index (χ0v) is 15.9. The molecule has 0 amide bonds. The van der Waals surface area contributed by atoms with Crippen molar-refractivity contribution in [2.75, 3.05) is 0 Å². The SMILES string of the molecule is C(=Cc1c2ccccc2cc2ccccc12)c1ccc2[nH]c3ccccc3c2c1. The number of hydrogen-bond acceptors (Lipinski definition) is 0. The quantitative estimate of drug-likeness (QED) is 0.237. The van der Waals surface area contributed by atoms with E-state index in [2.05, 4.69) is 114 Å². The second-order valence-electron chi connectivity index (χ2n) is 7.54. The van der Waals surface area contributed by atoms with Crippen molar-refractivity contribution < 1.29 is 0 Å². The summed E-state index contributed by atoms with van der Waals surface area (Å²) in [6.45, 7) is 0. The van der Waals surface area contributed by atoms with Crippen LogP contribution in [-0.4, -0.2) is 4.98 Å². The second-order valence-corrected chi connectivity index (χ2v) is 7.54. The molecule has 0 bridgehead atoms. The van der Waals surface area contributed by atoms with E-state index in [4.69, 9.17) is 0 Å². The molecule has 136 valence electrons. The van der Waals surface area contributed by atoms with Crippen molar-refractivity contribution in [3.8, 4) is 0 Å². The largest absolute Gasteiger partial charge is 0.355 e. The van der Waals surface area contributed by atoms with Crippen LogP contribution in [0.3, 0.4) is 0 Å². The van der Waals surface area contributed by atoms with Crippen LogP contribution in [0.25, 0.3) is 55.5 Å². The molecule has 0 saturated carbocycles. The first kappa shape index (κ1) is 16.1. The predicted molar refractivity (Wildman–Crippen MR) is 126 cm³/mol. The number of rotatable bonds is 2. The fourth-order valence-electron chi connectivity index (χ4n) is 4.38. The molecule has 0 aliphatic heterocycles. The lowest BCUT2D eigenvalue weighted by Gasteiger charge is -2.08. The summed E-state index contributed by atoms with van der Waals surface area (Å²) in [5.74, 6) is 0. The molecule has 1 heterocycles. The zero-order valence-electron chi connectivity index (χ0n) is 15.9. The summed E-state index contributed by atoms with van der Waals surface area (Å²) in [6, 6.07) is 34.7.